The summed E-state index contributed by atoms with van der Waals surface area (Å²) in [6.07, 6.45) is 0. The number of amides is 1. The number of aromatic nitrogens is 1. The van der Waals surface area contributed by atoms with Gasteiger partial charge in [0, 0.05) is 37.6 Å². The highest BCUT2D eigenvalue weighted by Crippen LogP contribution is 2.28. The number of benzene rings is 1. The molecule has 0 aliphatic carbocycles. The predicted octanol–water partition coefficient (Wildman–Crippen LogP) is 3.40. The number of anilines is 1. The Morgan fingerprint density at radius 3 is 2.48 bits per heavy atom. The maximum Gasteiger partial charge on any atom is 0.235 e. The lowest BCUT2D eigenvalue weighted by molar-refractivity contribution is -0.130. The minimum Gasteiger partial charge on any atom is -0.368 e. The van der Waals surface area contributed by atoms with Gasteiger partial charge in [-0.1, -0.05) is 30.0 Å². The lowest BCUT2D eigenvalue weighted by Gasteiger charge is -2.37. The van der Waals surface area contributed by atoms with E-state index >= 15 is 0 Å². The van der Waals surface area contributed by atoms with Crippen molar-refractivity contribution in [2.75, 3.05) is 31.1 Å². The molecule has 1 fully saturated rings. The standard InChI is InChI=1S/C21H24N4OS/c1-15-13-16(2)23-20(19(15)14-22)27-17(3)21(26)25-11-9-24(10-12-25)18-7-5-4-6-8-18/h4-8,13,17H,9-12H2,1-3H3. The maximum atomic E-state index is 12.9. The van der Waals surface area contributed by atoms with Crippen molar-refractivity contribution in [2.45, 2.75) is 31.0 Å². The summed E-state index contributed by atoms with van der Waals surface area (Å²) in [5.74, 6) is 0.109. The number of carbonyl (C=O) groups excluding carboxylic acids is 1. The Kier molecular flexibility index (Phi) is 6.02. The largest absolute Gasteiger partial charge is 0.368 e. The molecule has 2 heterocycles. The number of hydrogen-bond acceptors (Lipinski definition) is 5. The molecule has 0 radical (unpaired) electrons. The van der Waals surface area contributed by atoms with Gasteiger partial charge in [-0.3, -0.25) is 4.79 Å². The number of nitrogens with zero attached hydrogens (tertiary/aromatic N) is 4. The van der Waals surface area contributed by atoms with Crippen LogP contribution in [0.3, 0.4) is 0 Å². The maximum absolute atomic E-state index is 12.9. The Bertz CT molecular complexity index is 854. The molecule has 1 unspecified atom stereocenters. The molecule has 0 saturated carbocycles. The second kappa shape index (κ2) is 8.45. The van der Waals surface area contributed by atoms with Crippen molar-refractivity contribution in [3.05, 3.63) is 53.2 Å². The SMILES string of the molecule is Cc1cc(C)c(C#N)c(SC(C)C(=O)N2CCN(c3ccccc3)CC2)n1. The van der Waals surface area contributed by atoms with Gasteiger partial charge in [-0.05, 0) is 44.5 Å². The molecule has 140 valence electrons. The van der Waals surface area contributed by atoms with Crippen LogP contribution in [0.4, 0.5) is 5.69 Å². The Labute approximate surface area is 165 Å². The van der Waals surface area contributed by atoms with Crippen LogP contribution < -0.4 is 4.90 Å². The molecule has 0 bridgehead atoms. The number of hydrogen-bond donors (Lipinski definition) is 0. The summed E-state index contributed by atoms with van der Waals surface area (Å²) in [7, 11) is 0. The van der Waals surface area contributed by atoms with Crippen LogP contribution in [0.5, 0.6) is 0 Å². The number of para-hydroxylation sites is 1. The van der Waals surface area contributed by atoms with Crippen molar-refractivity contribution in [3.63, 3.8) is 0 Å². The van der Waals surface area contributed by atoms with Gasteiger partial charge in [0.25, 0.3) is 0 Å². The van der Waals surface area contributed by atoms with E-state index in [1.54, 1.807) is 0 Å². The van der Waals surface area contributed by atoms with Gasteiger partial charge in [0.2, 0.25) is 5.91 Å². The molecule has 1 aliphatic rings. The van der Waals surface area contributed by atoms with Crippen molar-refractivity contribution in [2.24, 2.45) is 0 Å². The molecule has 0 spiro atoms. The molecule has 2 aromatic rings. The molecule has 1 aromatic carbocycles. The zero-order chi connectivity index (χ0) is 19.4. The van der Waals surface area contributed by atoms with Gasteiger partial charge in [-0.15, -0.1) is 0 Å². The van der Waals surface area contributed by atoms with E-state index in [4.69, 9.17) is 0 Å². The van der Waals surface area contributed by atoms with Gasteiger partial charge in [-0.2, -0.15) is 5.26 Å². The topological polar surface area (TPSA) is 60.2 Å². The third-order valence-electron chi connectivity index (χ3n) is 4.77. The normalized spacial score (nSPS) is 15.3. The van der Waals surface area contributed by atoms with Crippen molar-refractivity contribution in [3.8, 4) is 6.07 Å². The van der Waals surface area contributed by atoms with E-state index in [2.05, 4.69) is 28.1 Å². The van der Waals surface area contributed by atoms with Gasteiger partial charge in [0.05, 0.1) is 10.8 Å². The van der Waals surface area contributed by atoms with Crippen LogP contribution in [0.15, 0.2) is 41.4 Å². The molecule has 1 aliphatic heterocycles. The summed E-state index contributed by atoms with van der Waals surface area (Å²) in [5, 5.41) is 9.81. The van der Waals surface area contributed by atoms with Crippen molar-refractivity contribution < 1.29 is 4.79 Å². The van der Waals surface area contributed by atoms with E-state index in [-0.39, 0.29) is 11.2 Å². The first-order valence-electron chi connectivity index (χ1n) is 9.13. The third-order valence-corrected chi connectivity index (χ3v) is 5.85. The third kappa shape index (κ3) is 4.42. The van der Waals surface area contributed by atoms with Crippen LogP contribution in [0.25, 0.3) is 0 Å². The van der Waals surface area contributed by atoms with Gasteiger partial charge >= 0.3 is 0 Å². The van der Waals surface area contributed by atoms with E-state index in [9.17, 15) is 10.1 Å². The number of aryl methyl sites for hydroxylation is 2. The van der Waals surface area contributed by atoms with Gasteiger partial charge in [-0.25, -0.2) is 4.98 Å². The second-order valence-electron chi connectivity index (χ2n) is 6.78. The summed E-state index contributed by atoms with van der Waals surface area (Å²) >= 11 is 1.38. The second-order valence-corrected chi connectivity index (χ2v) is 8.11. The van der Waals surface area contributed by atoms with Crippen molar-refractivity contribution >= 4 is 23.4 Å². The number of pyridine rings is 1. The summed E-state index contributed by atoms with van der Waals surface area (Å²) in [6, 6.07) is 14.4. The minimum absolute atomic E-state index is 0.109. The summed E-state index contributed by atoms with van der Waals surface area (Å²) in [6.45, 7) is 8.81. The molecule has 1 aromatic heterocycles. The number of rotatable bonds is 4. The molecule has 1 amide bonds. The summed E-state index contributed by atoms with van der Waals surface area (Å²) < 4.78 is 0. The Hall–Kier alpha value is -2.52. The smallest absolute Gasteiger partial charge is 0.235 e. The Balaban J connectivity index is 1.63. The van der Waals surface area contributed by atoms with E-state index < -0.39 is 0 Å². The number of carbonyl (C=O) groups is 1. The lowest BCUT2D eigenvalue weighted by Crippen LogP contribution is -2.50. The highest BCUT2D eigenvalue weighted by molar-refractivity contribution is 8.00. The molecular weight excluding hydrogens is 356 g/mol. The van der Waals surface area contributed by atoms with E-state index in [0.29, 0.717) is 23.7 Å². The minimum atomic E-state index is -0.269. The molecule has 0 N–H and O–H groups in total. The molecular formula is C21H24N4OS. The number of thioether (sulfide) groups is 1. The highest BCUT2D eigenvalue weighted by atomic mass is 32.2. The van der Waals surface area contributed by atoms with Crippen LogP contribution in [0, 0.1) is 25.2 Å². The van der Waals surface area contributed by atoms with Gasteiger partial charge < -0.3 is 9.80 Å². The van der Waals surface area contributed by atoms with E-state index in [1.807, 2.05) is 49.9 Å². The van der Waals surface area contributed by atoms with Crippen LogP contribution in [-0.4, -0.2) is 47.2 Å². The quantitative estimate of drug-likeness (QED) is 0.761. The monoisotopic (exact) mass is 380 g/mol. The Morgan fingerprint density at radius 1 is 1.19 bits per heavy atom. The number of nitriles is 1. The lowest BCUT2D eigenvalue weighted by atomic mass is 10.1. The molecule has 5 nitrogen and oxygen atoms in total. The van der Waals surface area contributed by atoms with Gasteiger partial charge in [0.15, 0.2) is 0 Å². The molecule has 1 saturated heterocycles. The summed E-state index contributed by atoms with van der Waals surface area (Å²) in [4.78, 5) is 21.6. The average Bonchev–Trinajstić information content (AvgIpc) is 2.68. The first-order chi connectivity index (χ1) is 13.0. The fourth-order valence-electron chi connectivity index (χ4n) is 3.32. The first kappa shape index (κ1) is 19.2. The molecule has 1 atom stereocenters. The highest BCUT2D eigenvalue weighted by Gasteiger charge is 2.26. The van der Waals surface area contributed by atoms with Gasteiger partial charge in [0.1, 0.15) is 11.1 Å². The van der Waals surface area contributed by atoms with Crippen molar-refractivity contribution in [1.29, 1.82) is 5.26 Å². The molecule has 3 rings (SSSR count). The average molecular weight is 381 g/mol. The predicted molar refractivity (Wildman–Crippen MR) is 109 cm³/mol. The summed E-state index contributed by atoms with van der Waals surface area (Å²) in [5.41, 5.74) is 3.54. The fourth-order valence-corrected chi connectivity index (χ4v) is 4.43. The van der Waals surface area contributed by atoms with Crippen molar-refractivity contribution in [1.82, 2.24) is 9.88 Å². The van der Waals surface area contributed by atoms with Crippen LogP contribution in [-0.2, 0) is 4.79 Å². The zero-order valence-corrected chi connectivity index (χ0v) is 16.8. The van der Waals surface area contributed by atoms with Crippen LogP contribution in [0.1, 0.15) is 23.7 Å². The van der Waals surface area contributed by atoms with Crippen LogP contribution in [0.2, 0.25) is 0 Å². The fraction of sp³-hybridized carbons (Fsp3) is 0.381. The van der Waals surface area contributed by atoms with E-state index in [0.717, 1.165) is 24.3 Å². The number of piperazine rings is 1. The van der Waals surface area contributed by atoms with E-state index in [1.165, 1.54) is 17.4 Å². The molecule has 27 heavy (non-hydrogen) atoms. The zero-order valence-electron chi connectivity index (χ0n) is 16.0. The first-order valence-corrected chi connectivity index (χ1v) is 10.0. The molecule has 6 heteroatoms. The van der Waals surface area contributed by atoms with Crippen LogP contribution >= 0.6 is 11.8 Å². The Morgan fingerprint density at radius 2 is 1.85 bits per heavy atom.